The van der Waals surface area contributed by atoms with Crippen molar-refractivity contribution in [1.29, 1.82) is 0 Å². The highest BCUT2D eigenvalue weighted by Gasteiger charge is 2.43. The second kappa shape index (κ2) is 16.4. The van der Waals surface area contributed by atoms with E-state index in [1.807, 2.05) is 0 Å². The van der Waals surface area contributed by atoms with Crippen molar-refractivity contribution in [1.82, 2.24) is 24.3 Å². The van der Waals surface area contributed by atoms with Crippen molar-refractivity contribution in [2.75, 3.05) is 41.5 Å². The molecule has 0 saturated carbocycles. The highest BCUT2D eigenvalue weighted by molar-refractivity contribution is 6.01. The minimum atomic E-state index is -1.31. The van der Waals surface area contributed by atoms with Crippen molar-refractivity contribution in [3.63, 3.8) is 0 Å². The lowest BCUT2D eigenvalue weighted by molar-refractivity contribution is 0.0639. The summed E-state index contributed by atoms with van der Waals surface area (Å²) in [5.41, 5.74) is 1.19. The molecule has 8 rings (SSSR count). The number of nitrogens with zero attached hydrogens (tertiary/aromatic N) is 4. The molecule has 0 saturated heterocycles. The smallest absolute Gasteiger partial charge is 0.341 e. The van der Waals surface area contributed by atoms with Gasteiger partial charge in [0.05, 0.1) is 34.8 Å². The first-order valence-corrected chi connectivity index (χ1v) is 17.9. The third-order valence-electron chi connectivity index (χ3n) is 10.6. The molecule has 2 atom stereocenters. The summed E-state index contributed by atoms with van der Waals surface area (Å²) in [6.07, 6.45) is 2.30. The summed E-state index contributed by atoms with van der Waals surface area (Å²) in [7, 11) is 3.04. The number of alkyl halides is 1. The van der Waals surface area contributed by atoms with E-state index in [9.17, 15) is 47.0 Å². The Labute approximate surface area is 325 Å². The number of hydrogen-bond donors (Lipinski definition) is 2. The Balaban J connectivity index is 0.000000183. The van der Waals surface area contributed by atoms with Gasteiger partial charge in [-0.2, -0.15) is 0 Å². The Hall–Kier alpha value is -6.39. The van der Waals surface area contributed by atoms with E-state index in [1.54, 1.807) is 43.2 Å². The fraction of sp³-hybridized carbons (Fsp3) is 0.350. The van der Waals surface area contributed by atoms with Crippen LogP contribution >= 0.6 is 0 Å². The number of pyridine rings is 2. The van der Waals surface area contributed by atoms with Gasteiger partial charge in [-0.1, -0.05) is 24.3 Å². The molecule has 0 spiro atoms. The maximum Gasteiger partial charge on any atom is 0.341 e. The van der Waals surface area contributed by atoms with Crippen LogP contribution in [0, 0.1) is 11.6 Å². The van der Waals surface area contributed by atoms with Gasteiger partial charge >= 0.3 is 5.97 Å². The zero-order valence-electron chi connectivity index (χ0n) is 32.3. The van der Waals surface area contributed by atoms with Gasteiger partial charge in [0.2, 0.25) is 10.9 Å². The van der Waals surface area contributed by atoms with Gasteiger partial charge in [0, 0.05) is 44.6 Å². The van der Waals surface area contributed by atoms with Crippen molar-refractivity contribution < 1.29 is 48.3 Å². The van der Waals surface area contributed by atoms with E-state index in [-0.39, 0.29) is 70.2 Å². The van der Waals surface area contributed by atoms with Crippen molar-refractivity contribution in [2.45, 2.75) is 50.9 Å². The number of hydrogen-bond acceptors (Lipinski definition) is 8. The second-order valence-corrected chi connectivity index (χ2v) is 13.7. The number of aromatic nitrogens is 2. The van der Waals surface area contributed by atoms with Crippen LogP contribution < -0.4 is 25.6 Å². The molecule has 57 heavy (non-hydrogen) atoms. The fourth-order valence-electron chi connectivity index (χ4n) is 8.17. The highest BCUT2D eigenvalue weighted by atomic mass is 19.1. The largest absolute Gasteiger partial charge is 0.491 e. The van der Waals surface area contributed by atoms with Crippen molar-refractivity contribution in [2.24, 2.45) is 0 Å². The number of halogens is 3. The number of benzene rings is 2. The van der Waals surface area contributed by atoms with E-state index in [0.29, 0.717) is 50.3 Å². The summed E-state index contributed by atoms with van der Waals surface area (Å²) in [5, 5.41) is 12.0. The molecular weight excluding hydrogens is 751 g/mol. The van der Waals surface area contributed by atoms with Crippen LogP contribution in [-0.2, 0) is 25.9 Å². The Morgan fingerprint density at radius 3 is 1.51 bits per heavy atom. The summed E-state index contributed by atoms with van der Waals surface area (Å²) in [6, 6.07) is 11.7. The van der Waals surface area contributed by atoms with Crippen LogP contribution in [0.15, 0.2) is 58.1 Å². The average molecular weight is 793 g/mol. The third-order valence-corrected chi connectivity index (χ3v) is 10.6. The first-order chi connectivity index (χ1) is 27.8. The number of methoxy groups -OCH3 is 2. The van der Waals surface area contributed by atoms with Crippen LogP contribution in [0.5, 0.6) is 11.5 Å². The first-order valence-electron chi connectivity index (χ1n) is 18.6. The average Bonchev–Trinajstić information content (AvgIpc) is 3.81. The minimum absolute atomic E-state index is 0.0407. The quantitative estimate of drug-likeness (QED) is 0.269. The Morgan fingerprint density at radius 1 is 0.754 bits per heavy atom. The van der Waals surface area contributed by atoms with Gasteiger partial charge in [0.25, 0.3) is 17.7 Å². The molecule has 2 aromatic carbocycles. The van der Waals surface area contributed by atoms with Gasteiger partial charge in [-0.25, -0.2) is 13.6 Å². The standard InChI is InChI=1S/C20H20FN3O4.C19H17FN2O5.CH3F/c1-22-19(26)15-14-8-7-13-10-23(9-11-3-5-12(21)6-4-11)20(27)16(24(13)14)18(28-2)17(15)25;1-27-17-15-18(24)21(8-10-2-4-11(20)5-3-10)9-12-6-7-13(22(12)15)14(16(17)23)19(25)26;1-2/h3-6,13H,7-10H2,1-2H3,(H,22,26);2-5,12H,6-9H2,1H3,(H,25,26);1H3/i;;1D. The Morgan fingerprint density at radius 2 is 1.14 bits per heavy atom. The maximum atomic E-state index is 13.2. The number of aromatic carboxylic acids is 1. The van der Waals surface area contributed by atoms with Gasteiger partial charge in [-0.15, -0.1) is 0 Å². The molecule has 0 radical (unpaired) electrons. The number of rotatable bonds is 8. The molecular formula is C40H40F3N5O9. The Kier molecular flexibility index (Phi) is 11.2. The summed E-state index contributed by atoms with van der Waals surface area (Å²) in [5.74, 6) is -3.56. The van der Waals surface area contributed by atoms with E-state index < -0.39 is 35.8 Å². The van der Waals surface area contributed by atoms with Gasteiger partial charge < -0.3 is 38.8 Å². The molecule has 3 amide bonds. The number of nitrogens with one attached hydrogen (secondary N) is 1. The lowest BCUT2D eigenvalue weighted by Crippen LogP contribution is -2.44. The first kappa shape index (κ1) is 38.9. The third kappa shape index (κ3) is 7.13. The molecule has 17 heteroatoms. The molecule has 14 nitrogen and oxygen atoms in total. The Bertz CT molecular complexity index is 2400. The van der Waals surface area contributed by atoms with Crippen LogP contribution in [0.2, 0.25) is 0 Å². The lowest BCUT2D eigenvalue weighted by Gasteiger charge is -2.35. The molecule has 0 bridgehead atoms. The number of amides is 3. The number of carboxylic acids is 1. The summed E-state index contributed by atoms with van der Waals surface area (Å²) in [4.78, 5) is 79.0. The van der Waals surface area contributed by atoms with Crippen LogP contribution in [0.3, 0.4) is 0 Å². The van der Waals surface area contributed by atoms with Crippen LogP contribution in [0.1, 0.15) is 90.5 Å². The monoisotopic (exact) mass is 792 g/mol. The zero-order valence-corrected chi connectivity index (χ0v) is 31.3. The van der Waals surface area contributed by atoms with E-state index in [1.165, 1.54) is 45.5 Å². The normalized spacial score (nSPS) is 17.3. The highest BCUT2D eigenvalue weighted by Crippen LogP contribution is 2.39. The molecule has 4 aliphatic rings. The second-order valence-electron chi connectivity index (χ2n) is 13.7. The predicted molar refractivity (Wildman–Crippen MR) is 199 cm³/mol. The molecule has 0 aliphatic carbocycles. The molecule has 4 aliphatic heterocycles. The van der Waals surface area contributed by atoms with Gasteiger partial charge in [-0.3, -0.25) is 28.4 Å². The van der Waals surface area contributed by atoms with Crippen LogP contribution in [-0.4, -0.2) is 89.2 Å². The SMILES string of the molecule is CNC(=O)c1c2n3c(c(OC)c1=O)C(=O)N(Cc1ccc(F)cc1)CC3CC2.COc1c2n3c(c(C(=O)O)c1=O)CCC3CN(Cc1ccc(F)cc1)C2=O.[2H]CF. The van der Waals surface area contributed by atoms with Crippen LogP contribution in [0.25, 0.3) is 0 Å². The fourth-order valence-corrected chi connectivity index (χ4v) is 8.17. The molecule has 0 fully saturated rings. The lowest BCUT2D eigenvalue weighted by atomic mass is 10.1. The van der Waals surface area contributed by atoms with Gasteiger partial charge in [0.15, 0.2) is 22.9 Å². The van der Waals surface area contributed by atoms with Crippen LogP contribution in [0.4, 0.5) is 13.2 Å². The summed E-state index contributed by atoms with van der Waals surface area (Å²) < 4.78 is 55.7. The molecule has 2 aromatic heterocycles. The molecule has 300 valence electrons. The number of carbonyl (C=O) groups excluding carboxylic acids is 3. The summed E-state index contributed by atoms with van der Waals surface area (Å²) in [6.45, 7) is 1.42. The predicted octanol–water partition coefficient (Wildman–Crippen LogP) is 3.92. The number of ether oxygens (including phenoxy) is 2. The maximum absolute atomic E-state index is 13.2. The summed E-state index contributed by atoms with van der Waals surface area (Å²) >= 11 is 0. The van der Waals surface area contributed by atoms with E-state index in [0.717, 1.165) is 17.5 Å². The minimum Gasteiger partial charge on any atom is -0.491 e. The molecule has 2 N–H and O–H groups in total. The number of carboxylic acid groups (broad SMARTS) is 1. The van der Waals surface area contributed by atoms with E-state index >= 15 is 0 Å². The van der Waals surface area contributed by atoms with Crippen molar-refractivity contribution >= 4 is 23.7 Å². The van der Waals surface area contributed by atoms with E-state index in [4.69, 9.17) is 10.8 Å². The van der Waals surface area contributed by atoms with Gasteiger partial charge in [-0.05, 0) is 61.1 Å². The molecule has 4 aromatic rings. The topological polar surface area (TPSA) is 169 Å². The number of carbonyl (C=O) groups is 4. The van der Waals surface area contributed by atoms with Crippen molar-refractivity contribution in [3.8, 4) is 11.5 Å². The van der Waals surface area contributed by atoms with Gasteiger partial charge in [0.1, 0.15) is 22.8 Å². The van der Waals surface area contributed by atoms with E-state index in [2.05, 4.69) is 5.32 Å². The molecule has 6 heterocycles. The molecule has 2 unspecified atom stereocenters. The zero-order chi connectivity index (χ0) is 42.0. The van der Waals surface area contributed by atoms with Crippen molar-refractivity contribution in [3.05, 3.63) is 126 Å².